The largest absolute Gasteiger partial charge is 0.496 e. The van der Waals surface area contributed by atoms with Crippen LogP contribution < -0.4 is 20.3 Å². The van der Waals surface area contributed by atoms with Crippen molar-refractivity contribution in [3.05, 3.63) is 64.5 Å². The number of methoxy groups -OCH3 is 1. The number of hydrogen-bond acceptors (Lipinski definition) is 6. The van der Waals surface area contributed by atoms with Gasteiger partial charge < -0.3 is 20.0 Å². The third kappa shape index (κ3) is 4.75. The van der Waals surface area contributed by atoms with Crippen LogP contribution in [0.3, 0.4) is 0 Å². The van der Waals surface area contributed by atoms with E-state index in [0.29, 0.717) is 33.0 Å². The number of aryl methyl sites for hydroxylation is 1. The number of rotatable bonds is 8. The van der Waals surface area contributed by atoms with Crippen LogP contribution in [0.25, 0.3) is 27.5 Å². The van der Waals surface area contributed by atoms with Gasteiger partial charge in [0.1, 0.15) is 5.75 Å². The number of sulfonamides is 1. The third-order valence-corrected chi connectivity index (χ3v) is 6.49. The average molecular weight is 473 g/mol. The molecule has 0 radical (unpaired) electrons. The van der Waals surface area contributed by atoms with Crippen LogP contribution in [-0.2, 0) is 17.1 Å². The molecular formula is C23H25FN4O4S. The van der Waals surface area contributed by atoms with Gasteiger partial charge in [0.25, 0.3) is 5.56 Å². The van der Waals surface area contributed by atoms with Gasteiger partial charge in [-0.15, -0.1) is 0 Å². The van der Waals surface area contributed by atoms with Crippen LogP contribution >= 0.6 is 0 Å². The Hall–Kier alpha value is -3.66. The topological polar surface area (TPSA) is 113 Å². The molecule has 0 aliphatic heterocycles. The van der Waals surface area contributed by atoms with Crippen molar-refractivity contribution in [2.45, 2.75) is 6.92 Å². The zero-order valence-electron chi connectivity index (χ0n) is 18.7. The van der Waals surface area contributed by atoms with Crippen molar-refractivity contribution in [3.63, 3.8) is 0 Å². The van der Waals surface area contributed by atoms with Gasteiger partial charge in [0.05, 0.1) is 18.6 Å². The second-order valence-corrected chi connectivity index (χ2v) is 9.30. The Balaban J connectivity index is 2.38. The van der Waals surface area contributed by atoms with Gasteiger partial charge in [-0.1, -0.05) is 6.07 Å². The van der Waals surface area contributed by atoms with Crippen LogP contribution in [0.4, 0.5) is 10.1 Å². The lowest BCUT2D eigenvalue weighted by atomic mass is 9.96. The number of halogens is 1. The number of benzene rings is 2. The van der Waals surface area contributed by atoms with Crippen molar-refractivity contribution in [1.29, 1.82) is 5.41 Å². The maximum atomic E-state index is 14.7. The minimum atomic E-state index is -3.72. The van der Waals surface area contributed by atoms with E-state index in [1.807, 2.05) is 0 Å². The Labute approximate surface area is 191 Å². The minimum Gasteiger partial charge on any atom is -0.496 e. The molecule has 0 saturated heterocycles. The first-order chi connectivity index (χ1) is 15.6. The smallest absolute Gasteiger partial charge is 0.258 e. The predicted molar refractivity (Wildman–Crippen MR) is 130 cm³/mol. The van der Waals surface area contributed by atoms with E-state index in [-0.39, 0.29) is 22.7 Å². The molecular weight excluding hydrogens is 447 g/mol. The van der Waals surface area contributed by atoms with E-state index in [9.17, 15) is 17.6 Å². The van der Waals surface area contributed by atoms with E-state index in [0.717, 1.165) is 6.07 Å². The van der Waals surface area contributed by atoms with Gasteiger partial charge >= 0.3 is 0 Å². The molecule has 1 aromatic heterocycles. The highest BCUT2D eigenvalue weighted by atomic mass is 32.2. The molecule has 3 rings (SSSR count). The maximum absolute atomic E-state index is 14.7. The fourth-order valence-electron chi connectivity index (χ4n) is 3.48. The Bertz CT molecular complexity index is 1430. The first-order valence-electron chi connectivity index (χ1n) is 10.1. The highest BCUT2D eigenvalue weighted by molar-refractivity contribution is 7.92. The summed E-state index contributed by atoms with van der Waals surface area (Å²) >= 11 is 0. The monoisotopic (exact) mass is 472 g/mol. The van der Waals surface area contributed by atoms with Gasteiger partial charge in [-0.2, -0.15) is 0 Å². The molecule has 0 spiro atoms. The van der Waals surface area contributed by atoms with Gasteiger partial charge in [0.2, 0.25) is 10.0 Å². The molecule has 174 valence electrons. The summed E-state index contributed by atoms with van der Waals surface area (Å²) in [6.07, 6.45) is 4.44. The molecule has 0 amide bonds. The molecule has 33 heavy (non-hydrogen) atoms. The number of nitrogens with zero attached hydrogens (tertiary/aromatic N) is 1. The van der Waals surface area contributed by atoms with E-state index in [4.69, 9.17) is 10.1 Å². The van der Waals surface area contributed by atoms with Gasteiger partial charge in [0.15, 0.2) is 5.82 Å². The summed E-state index contributed by atoms with van der Waals surface area (Å²) in [6.45, 7) is 1.45. The second kappa shape index (κ2) is 9.45. The van der Waals surface area contributed by atoms with E-state index < -0.39 is 15.8 Å². The summed E-state index contributed by atoms with van der Waals surface area (Å²) in [5.74, 6) is -0.828. The van der Waals surface area contributed by atoms with E-state index in [2.05, 4.69) is 10.0 Å². The van der Waals surface area contributed by atoms with Gasteiger partial charge in [-0.25, -0.2) is 12.8 Å². The van der Waals surface area contributed by atoms with Crippen LogP contribution in [-0.4, -0.2) is 39.1 Å². The van der Waals surface area contributed by atoms with Crippen LogP contribution in [0.15, 0.2) is 47.5 Å². The molecule has 0 saturated carbocycles. The molecule has 8 nitrogen and oxygen atoms in total. The van der Waals surface area contributed by atoms with Crippen molar-refractivity contribution in [1.82, 2.24) is 9.88 Å². The van der Waals surface area contributed by atoms with E-state index in [1.165, 1.54) is 30.9 Å². The fourth-order valence-corrected chi connectivity index (χ4v) is 4.11. The molecule has 2 aromatic carbocycles. The Morgan fingerprint density at radius 3 is 2.55 bits per heavy atom. The first kappa shape index (κ1) is 24.0. The average Bonchev–Trinajstić information content (AvgIpc) is 2.80. The number of anilines is 1. The summed E-state index contributed by atoms with van der Waals surface area (Å²) < 4.78 is 47.8. The number of fused-ring (bicyclic) bond motifs is 1. The van der Waals surface area contributed by atoms with Crippen LogP contribution in [0.2, 0.25) is 0 Å². The summed E-state index contributed by atoms with van der Waals surface area (Å²) in [4.78, 5) is 12.8. The molecule has 0 aliphatic rings. The predicted octanol–water partition coefficient (Wildman–Crippen LogP) is 3.32. The van der Waals surface area contributed by atoms with Crippen molar-refractivity contribution >= 4 is 38.3 Å². The summed E-state index contributed by atoms with van der Waals surface area (Å²) in [7, 11) is 0.971. The summed E-state index contributed by atoms with van der Waals surface area (Å²) in [6, 6.07) is 7.63. The van der Waals surface area contributed by atoms with Crippen molar-refractivity contribution in [2.75, 3.05) is 24.6 Å². The first-order valence-corrected chi connectivity index (χ1v) is 11.7. The van der Waals surface area contributed by atoms with E-state index in [1.54, 1.807) is 44.7 Å². The normalized spacial score (nSPS) is 12.0. The molecule has 10 heteroatoms. The molecule has 0 aliphatic carbocycles. The zero-order chi connectivity index (χ0) is 24.3. The molecule has 3 aromatic rings. The lowest BCUT2D eigenvalue weighted by Gasteiger charge is -2.16. The number of hydrogen-bond donors (Lipinski definition) is 3. The van der Waals surface area contributed by atoms with Crippen molar-refractivity contribution in [3.8, 4) is 16.9 Å². The van der Waals surface area contributed by atoms with Crippen LogP contribution in [0.5, 0.6) is 5.75 Å². The maximum Gasteiger partial charge on any atom is 0.258 e. The van der Waals surface area contributed by atoms with Gasteiger partial charge in [-0.3, -0.25) is 9.52 Å². The SMILES string of the molecule is CCS(=O)(=O)Nc1cc(-c2cn(C)c(=O)c3ccc(/C(C=N)=C/NC)cc23)c(OC)cc1F. The van der Waals surface area contributed by atoms with Crippen molar-refractivity contribution < 1.29 is 17.5 Å². The Morgan fingerprint density at radius 1 is 1.21 bits per heavy atom. The molecule has 0 atom stereocenters. The highest BCUT2D eigenvalue weighted by Crippen LogP contribution is 2.38. The third-order valence-electron chi connectivity index (χ3n) is 5.20. The van der Waals surface area contributed by atoms with Gasteiger partial charge in [-0.05, 0) is 36.1 Å². The number of aromatic nitrogens is 1. The molecule has 0 fully saturated rings. The fraction of sp³-hybridized carbons (Fsp3) is 0.217. The standard InChI is InChI=1S/C23H25FN4O4S/c1-5-33(30,31)27-21-9-18(22(32-4)10-20(21)24)19-13-28(3)23(29)16-7-6-14(8-17(16)19)15(11-25)12-26-2/h6-13,25-27H,5H2,1-4H3/b15-12+,25-11?. The lowest BCUT2D eigenvalue weighted by Crippen LogP contribution is -2.17. The Morgan fingerprint density at radius 2 is 1.94 bits per heavy atom. The highest BCUT2D eigenvalue weighted by Gasteiger charge is 2.19. The van der Waals surface area contributed by atoms with Crippen LogP contribution in [0, 0.1) is 11.2 Å². The summed E-state index contributed by atoms with van der Waals surface area (Å²) in [5, 5.41) is 11.5. The van der Waals surface area contributed by atoms with E-state index >= 15 is 0 Å². The number of allylic oxidation sites excluding steroid dienone is 1. The van der Waals surface area contributed by atoms with Crippen LogP contribution in [0.1, 0.15) is 12.5 Å². The molecule has 1 heterocycles. The van der Waals surface area contributed by atoms with Gasteiger partial charge in [0, 0.05) is 60.9 Å². The lowest BCUT2D eigenvalue weighted by molar-refractivity contribution is 0.413. The summed E-state index contributed by atoms with van der Waals surface area (Å²) in [5.41, 5.74) is 1.77. The zero-order valence-corrected chi connectivity index (χ0v) is 19.5. The molecule has 3 N–H and O–H groups in total. The molecule has 0 bridgehead atoms. The Kier molecular flexibility index (Phi) is 6.87. The quantitative estimate of drug-likeness (QED) is 0.435. The second-order valence-electron chi connectivity index (χ2n) is 7.29. The number of nitrogens with one attached hydrogen (secondary N) is 3. The number of pyridine rings is 1. The molecule has 0 unspecified atom stereocenters. The van der Waals surface area contributed by atoms with Crippen molar-refractivity contribution in [2.24, 2.45) is 7.05 Å². The minimum absolute atomic E-state index is 0.176. The number of ether oxygens (including phenoxy) is 1.